The fourth-order valence-electron chi connectivity index (χ4n) is 2.69. The Kier molecular flexibility index (Phi) is 9.14. The van der Waals surface area contributed by atoms with E-state index in [0.717, 1.165) is 36.8 Å². The van der Waals surface area contributed by atoms with Crippen LogP contribution < -0.4 is 15.5 Å². The number of guanidine groups is 1. The molecule has 0 aliphatic carbocycles. The topological polar surface area (TPSA) is 73.8 Å². The van der Waals surface area contributed by atoms with Gasteiger partial charge in [0.15, 0.2) is 15.8 Å². The van der Waals surface area contributed by atoms with Gasteiger partial charge in [0.25, 0.3) is 0 Å². The summed E-state index contributed by atoms with van der Waals surface area (Å²) in [6, 6.07) is 8.10. The Morgan fingerprint density at radius 1 is 1.41 bits per heavy atom. The monoisotopic (exact) mass is 528 g/mol. The van der Waals surface area contributed by atoms with Crippen LogP contribution in [0.5, 0.6) is 0 Å². The van der Waals surface area contributed by atoms with Crippen LogP contribution in [0.3, 0.4) is 0 Å². The summed E-state index contributed by atoms with van der Waals surface area (Å²) in [4.78, 5) is 6.79. The number of hydrogen-bond donors (Lipinski definition) is 2. The molecule has 0 spiro atoms. The van der Waals surface area contributed by atoms with Crippen molar-refractivity contribution in [3.8, 4) is 0 Å². The van der Waals surface area contributed by atoms with Gasteiger partial charge in [-0.05, 0) is 45.4 Å². The number of rotatable bonds is 6. The predicted octanol–water partition coefficient (Wildman–Crippen LogP) is 2.92. The molecule has 154 valence electrons. The summed E-state index contributed by atoms with van der Waals surface area (Å²) in [6.45, 7) is 8.11. The third-order valence-electron chi connectivity index (χ3n) is 4.67. The Morgan fingerprint density at radius 2 is 2.11 bits per heavy atom. The van der Waals surface area contributed by atoms with Crippen LogP contribution in [0, 0.1) is 0 Å². The van der Waals surface area contributed by atoms with Gasteiger partial charge in [0.2, 0.25) is 0 Å². The molecule has 1 heterocycles. The highest BCUT2D eigenvalue weighted by molar-refractivity contribution is 14.0. The molecule has 0 amide bonds. The molecule has 0 radical (unpaired) electrons. The standard InChI is InChI=1S/C18H29ClN4O2S.HI/c1-5-20-17(21-13-18(2,3)26(4,24)25)22-15-9-10-23(12-15)16-8-6-7-14(19)11-16;/h6-8,11,15H,5,9-10,12-13H2,1-4H3,(H2,20,21,22);1H. The largest absolute Gasteiger partial charge is 0.369 e. The van der Waals surface area contributed by atoms with Gasteiger partial charge in [-0.25, -0.2) is 8.42 Å². The highest BCUT2D eigenvalue weighted by Crippen LogP contribution is 2.23. The number of halogens is 2. The molecule has 1 aromatic rings. The van der Waals surface area contributed by atoms with E-state index in [-0.39, 0.29) is 36.6 Å². The first-order chi connectivity index (χ1) is 12.1. The number of nitrogens with one attached hydrogen (secondary N) is 2. The Balaban J connectivity index is 0.00000364. The van der Waals surface area contributed by atoms with Crippen molar-refractivity contribution in [2.24, 2.45) is 4.99 Å². The van der Waals surface area contributed by atoms with Crippen molar-refractivity contribution in [1.29, 1.82) is 0 Å². The van der Waals surface area contributed by atoms with Crippen LogP contribution in [0.4, 0.5) is 5.69 Å². The van der Waals surface area contributed by atoms with Crippen molar-refractivity contribution in [3.05, 3.63) is 29.3 Å². The summed E-state index contributed by atoms with van der Waals surface area (Å²) in [5.41, 5.74) is 1.11. The molecule has 6 nitrogen and oxygen atoms in total. The normalized spacial score (nSPS) is 18.2. The lowest BCUT2D eigenvalue weighted by molar-refractivity contribution is 0.553. The van der Waals surface area contributed by atoms with Crippen LogP contribution in [0.1, 0.15) is 27.2 Å². The number of nitrogens with zero attached hydrogens (tertiary/aromatic N) is 2. The fourth-order valence-corrected chi connectivity index (χ4v) is 3.17. The van der Waals surface area contributed by atoms with E-state index in [2.05, 4.69) is 26.6 Å². The number of sulfone groups is 1. The molecule has 0 aromatic heterocycles. The zero-order valence-electron chi connectivity index (χ0n) is 16.3. The molecular weight excluding hydrogens is 499 g/mol. The van der Waals surface area contributed by atoms with E-state index in [1.54, 1.807) is 13.8 Å². The molecule has 1 saturated heterocycles. The summed E-state index contributed by atoms with van der Waals surface area (Å²) in [6.07, 6.45) is 2.23. The lowest BCUT2D eigenvalue weighted by Gasteiger charge is -2.23. The van der Waals surface area contributed by atoms with Gasteiger partial charge in [0.05, 0.1) is 11.3 Å². The summed E-state index contributed by atoms with van der Waals surface area (Å²) >= 11 is 6.09. The molecule has 1 atom stereocenters. The van der Waals surface area contributed by atoms with E-state index in [0.29, 0.717) is 5.96 Å². The SMILES string of the molecule is CCNC(=NCC(C)(C)S(C)(=O)=O)NC1CCN(c2cccc(Cl)c2)C1.I. The first kappa shape index (κ1) is 24.3. The lowest BCUT2D eigenvalue weighted by Crippen LogP contribution is -2.46. The lowest BCUT2D eigenvalue weighted by atomic mass is 10.2. The smallest absolute Gasteiger partial charge is 0.191 e. The van der Waals surface area contributed by atoms with Gasteiger partial charge < -0.3 is 15.5 Å². The molecule has 2 N–H and O–H groups in total. The van der Waals surface area contributed by atoms with Crippen LogP contribution in [-0.2, 0) is 9.84 Å². The first-order valence-corrected chi connectivity index (χ1v) is 11.1. The third kappa shape index (κ3) is 6.98. The predicted molar refractivity (Wildman–Crippen MR) is 126 cm³/mol. The zero-order valence-corrected chi connectivity index (χ0v) is 20.2. The fraction of sp³-hybridized carbons (Fsp3) is 0.611. The van der Waals surface area contributed by atoms with Gasteiger partial charge >= 0.3 is 0 Å². The van der Waals surface area contributed by atoms with Crippen LogP contribution in [-0.4, -0.2) is 57.6 Å². The number of benzene rings is 1. The maximum atomic E-state index is 11.9. The number of hydrogen-bond acceptors (Lipinski definition) is 4. The maximum absolute atomic E-state index is 11.9. The van der Waals surface area contributed by atoms with E-state index in [1.165, 1.54) is 6.26 Å². The molecular formula is C18H30ClIN4O2S. The third-order valence-corrected chi connectivity index (χ3v) is 7.04. The van der Waals surface area contributed by atoms with Gasteiger partial charge in [-0.2, -0.15) is 0 Å². The second-order valence-electron chi connectivity index (χ2n) is 7.28. The van der Waals surface area contributed by atoms with Crippen molar-refractivity contribution in [3.63, 3.8) is 0 Å². The molecule has 1 unspecified atom stereocenters. The summed E-state index contributed by atoms with van der Waals surface area (Å²) in [5, 5.41) is 7.36. The summed E-state index contributed by atoms with van der Waals surface area (Å²) in [5.74, 6) is 0.655. The number of aliphatic imine (C=N–C) groups is 1. The Hall–Kier alpha value is -0.740. The summed E-state index contributed by atoms with van der Waals surface area (Å²) < 4.78 is 22.8. The quantitative estimate of drug-likeness (QED) is 0.337. The minimum absolute atomic E-state index is 0. The molecule has 9 heteroatoms. The average molecular weight is 529 g/mol. The molecule has 1 aliphatic heterocycles. The van der Waals surface area contributed by atoms with Crippen molar-refractivity contribution in [1.82, 2.24) is 10.6 Å². The van der Waals surface area contributed by atoms with E-state index in [9.17, 15) is 8.42 Å². The van der Waals surface area contributed by atoms with Crippen molar-refractivity contribution >= 4 is 57.1 Å². The van der Waals surface area contributed by atoms with Crippen LogP contribution in [0.15, 0.2) is 29.3 Å². The molecule has 2 rings (SSSR count). The van der Waals surface area contributed by atoms with Gasteiger partial charge in [0, 0.05) is 42.6 Å². The molecule has 0 saturated carbocycles. The molecule has 27 heavy (non-hydrogen) atoms. The Morgan fingerprint density at radius 3 is 2.70 bits per heavy atom. The molecule has 1 aliphatic rings. The Labute approximate surface area is 185 Å². The highest BCUT2D eigenvalue weighted by Gasteiger charge is 2.30. The van der Waals surface area contributed by atoms with Crippen molar-refractivity contribution < 1.29 is 8.42 Å². The van der Waals surface area contributed by atoms with E-state index in [1.807, 2.05) is 25.1 Å². The molecule has 1 aromatic carbocycles. The zero-order chi connectivity index (χ0) is 19.4. The number of anilines is 1. The van der Waals surface area contributed by atoms with Gasteiger partial charge in [0.1, 0.15) is 0 Å². The van der Waals surface area contributed by atoms with Crippen molar-refractivity contribution in [2.45, 2.75) is 38.0 Å². The second kappa shape index (κ2) is 10.2. The molecule has 0 bridgehead atoms. The highest BCUT2D eigenvalue weighted by atomic mass is 127. The van der Waals surface area contributed by atoms with E-state index < -0.39 is 14.6 Å². The maximum Gasteiger partial charge on any atom is 0.191 e. The second-order valence-corrected chi connectivity index (χ2v) is 10.4. The minimum atomic E-state index is -3.17. The van der Waals surface area contributed by atoms with Crippen LogP contribution in [0.25, 0.3) is 0 Å². The van der Waals surface area contributed by atoms with Crippen molar-refractivity contribution in [2.75, 3.05) is 37.3 Å². The molecule has 1 fully saturated rings. The van der Waals surface area contributed by atoms with E-state index >= 15 is 0 Å². The van der Waals surface area contributed by atoms with Gasteiger partial charge in [-0.15, -0.1) is 24.0 Å². The van der Waals surface area contributed by atoms with E-state index in [4.69, 9.17) is 11.6 Å². The van der Waals surface area contributed by atoms with Gasteiger partial charge in [-0.3, -0.25) is 4.99 Å². The van der Waals surface area contributed by atoms with Gasteiger partial charge in [-0.1, -0.05) is 17.7 Å². The Bertz CT molecular complexity index is 755. The minimum Gasteiger partial charge on any atom is -0.369 e. The van der Waals surface area contributed by atoms with Crippen LogP contribution in [0.2, 0.25) is 5.02 Å². The van der Waals surface area contributed by atoms with Crippen LogP contribution >= 0.6 is 35.6 Å². The summed E-state index contributed by atoms with van der Waals surface area (Å²) in [7, 11) is -3.17. The average Bonchev–Trinajstić information content (AvgIpc) is 3.00. The first-order valence-electron chi connectivity index (χ1n) is 8.87.